The fourth-order valence-electron chi connectivity index (χ4n) is 2.99. The SMILES string of the molecule is OC(O)CC12CCC(CC1)C2. The van der Waals surface area contributed by atoms with Gasteiger partial charge in [-0.1, -0.05) is 0 Å². The third kappa shape index (κ3) is 1.30. The van der Waals surface area contributed by atoms with Gasteiger partial charge in [-0.25, -0.2) is 0 Å². The van der Waals surface area contributed by atoms with E-state index in [0.717, 1.165) is 5.92 Å². The van der Waals surface area contributed by atoms with E-state index in [1.54, 1.807) is 0 Å². The van der Waals surface area contributed by atoms with Gasteiger partial charge < -0.3 is 10.2 Å². The maximum absolute atomic E-state index is 8.88. The lowest BCUT2D eigenvalue weighted by molar-refractivity contribution is -0.0715. The van der Waals surface area contributed by atoms with Gasteiger partial charge in [-0.3, -0.25) is 0 Å². The summed E-state index contributed by atoms with van der Waals surface area (Å²) in [5, 5.41) is 17.8. The van der Waals surface area contributed by atoms with Crippen LogP contribution in [0.3, 0.4) is 0 Å². The average molecular weight is 156 g/mol. The molecule has 64 valence electrons. The Bertz CT molecular complexity index is 146. The molecule has 2 heteroatoms. The lowest BCUT2D eigenvalue weighted by Crippen LogP contribution is -2.21. The van der Waals surface area contributed by atoms with Crippen LogP contribution in [0.25, 0.3) is 0 Å². The van der Waals surface area contributed by atoms with Crippen LogP contribution >= 0.6 is 0 Å². The predicted molar refractivity (Wildman–Crippen MR) is 41.9 cm³/mol. The van der Waals surface area contributed by atoms with E-state index in [9.17, 15) is 0 Å². The van der Waals surface area contributed by atoms with Gasteiger partial charge in [0.2, 0.25) is 0 Å². The topological polar surface area (TPSA) is 40.5 Å². The molecule has 2 bridgehead atoms. The van der Waals surface area contributed by atoms with Gasteiger partial charge >= 0.3 is 0 Å². The van der Waals surface area contributed by atoms with Gasteiger partial charge in [0.25, 0.3) is 0 Å². The quantitative estimate of drug-likeness (QED) is 0.591. The van der Waals surface area contributed by atoms with E-state index in [1.165, 1.54) is 32.1 Å². The van der Waals surface area contributed by atoms with Gasteiger partial charge in [0.05, 0.1) is 0 Å². The third-order valence-electron chi connectivity index (χ3n) is 3.50. The van der Waals surface area contributed by atoms with E-state index < -0.39 is 6.29 Å². The molecule has 0 spiro atoms. The minimum atomic E-state index is -1.08. The van der Waals surface area contributed by atoms with Crippen LogP contribution < -0.4 is 0 Å². The van der Waals surface area contributed by atoms with Crippen LogP contribution in [0.1, 0.15) is 38.5 Å². The number of aliphatic hydroxyl groups is 2. The molecule has 0 radical (unpaired) electrons. The van der Waals surface area contributed by atoms with Gasteiger partial charge in [0, 0.05) is 6.42 Å². The first-order valence-corrected chi connectivity index (χ1v) is 4.56. The molecule has 2 N–H and O–H groups in total. The Kier molecular flexibility index (Phi) is 1.69. The lowest BCUT2D eigenvalue weighted by atomic mass is 9.81. The maximum atomic E-state index is 8.88. The summed E-state index contributed by atoms with van der Waals surface area (Å²) in [5.74, 6) is 0.911. The molecule has 0 aromatic heterocycles. The highest BCUT2D eigenvalue weighted by molar-refractivity contribution is 4.95. The van der Waals surface area contributed by atoms with Crippen LogP contribution in [-0.2, 0) is 0 Å². The molecule has 11 heavy (non-hydrogen) atoms. The van der Waals surface area contributed by atoms with E-state index >= 15 is 0 Å². The van der Waals surface area contributed by atoms with E-state index in [-0.39, 0.29) is 0 Å². The van der Waals surface area contributed by atoms with Crippen LogP contribution in [0, 0.1) is 11.3 Å². The molecule has 2 saturated carbocycles. The van der Waals surface area contributed by atoms with Crippen molar-refractivity contribution in [1.82, 2.24) is 0 Å². The van der Waals surface area contributed by atoms with Crippen molar-refractivity contribution in [3.8, 4) is 0 Å². The molecule has 0 amide bonds. The minimum absolute atomic E-state index is 0.332. The number of hydrogen-bond donors (Lipinski definition) is 2. The zero-order chi connectivity index (χ0) is 7.90. The van der Waals surface area contributed by atoms with Crippen LogP contribution in [0.5, 0.6) is 0 Å². The largest absolute Gasteiger partial charge is 0.368 e. The molecule has 0 aliphatic heterocycles. The highest BCUT2D eigenvalue weighted by Crippen LogP contribution is 2.56. The Morgan fingerprint density at radius 3 is 2.27 bits per heavy atom. The van der Waals surface area contributed by atoms with Gasteiger partial charge in [0.15, 0.2) is 6.29 Å². The second-order valence-corrected chi connectivity index (χ2v) is 4.33. The molecule has 0 aromatic carbocycles. The van der Waals surface area contributed by atoms with E-state index in [4.69, 9.17) is 10.2 Å². The maximum Gasteiger partial charge on any atom is 0.151 e. The van der Waals surface area contributed by atoms with Crippen LogP contribution in [0.2, 0.25) is 0 Å². The monoisotopic (exact) mass is 156 g/mol. The minimum Gasteiger partial charge on any atom is -0.368 e. The zero-order valence-electron chi connectivity index (χ0n) is 6.79. The summed E-state index contributed by atoms with van der Waals surface area (Å²) in [6.07, 6.45) is 5.91. The summed E-state index contributed by atoms with van der Waals surface area (Å²) in [5.41, 5.74) is 0.332. The predicted octanol–water partition coefficient (Wildman–Crippen LogP) is 1.27. The van der Waals surface area contributed by atoms with E-state index in [2.05, 4.69) is 0 Å². The normalized spacial score (nSPS) is 42.3. The molecule has 0 unspecified atom stereocenters. The third-order valence-corrected chi connectivity index (χ3v) is 3.50. The number of aliphatic hydroxyl groups excluding tert-OH is 1. The molecule has 0 aromatic rings. The molecule has 2 nitrogen and oxygen atoms in total. The molecule has 2 aliphatic carbocycles. The number of rotatable bonds is 2. The molecular formula is C9H16O2. The van der Waals surface area contributed by atoms with Crippen molar-refractivity contribution in [3.63, 3.8) is 0 Å². The molecule has 2 fully saturated rings. The van der Waals surface area contributed by atoms with Gasteiger partial charge in [0.1, 0.15) is 0 Å². The summed E-state index contributed by atoms with van der Waals surface area (Å²) >= 11 is 0. The van der Waals surface area contributed by atoms with Crippen LogP contribution in [0.15, 0.2) is 0 Å². The Hall–Kier alpha value is -0.0800. The molecule has 0 atom stereocenters. The first-order chi connectivity index (χ1) is 5.20. The van der Waals surface area contributed by atoms with Gasteiger partial charge in [-0.15, -0.1) is 0 Å². The first kappa shape index (κ1) is 7.56. The number of fused-ring (bicyclic) bond motifs is 2. The average Bonchev–Trinajstić information content (AvgIpc) is 2.43. The second-order valence-electron chi connectivity index (χ2n) is 4.33. The number of hydrogen-bond acceptors (Lipinski definition) is 2. The zero-order valence-corrected chi connectivity index (χ0v) is 6.79. The van der Waals surface area contributed by atoms with Crippen LogP contribution in [-0.4, -0.2) is 16.5 Å². The smallest absolute Gasteiger partial charge is 0.151 e. The molecule has 2 aliphatic rings. The molecular weight excluding hydrogens is 140 g/mol. The fraction of sp³-hybridized carbons (Fsp3) is 1.00. The van der Waals surface area contributed by atoms with Crippen molar-refractivity contribution in [1.29, 1.82) is 0 Å². The van der Waals surface area contributed by atoms with Crippen molar-refractivity contribution in [2.45, 2.75) is 44.8 Å². The Labute approximate surface area is 67.2 Å². The van der Waals surface area contributed by atoms with Gasteiger partial charge in [-0.2, -0.15) is 0 Å². The van der Waals surface area contributed by atoms with Crippen molar-refractivity contribution in [3.05, 3.63) is 0 Å². The van der Waals surface area contributed by atoms with E-state index in [0.29, 0.717) is 11.8 Å². The molecule has 2 rings (SSSR count). The Balaban J connectivity index is 1.99. The van der Waals surface area contributed by atoms with Crippen LogP contribution in [0.4, 0.5) is 0 Å². The van der Waals surface area contributed by atoms with E-state index in [1.807, 2.05) is 0 Å². The van der Waals surface area contributed by atoms with Crippen molar-refractivity contribution in [2.24, 2.45) is 11.3 Å². The Morgan fingerprint density at radius 1 is 1.27 bits per heavy atom. The molecule has 0 saturated heterocycles. The summed E-state index contributed by atoms with van der Waals surface area (Å²) in [6, 6.07) is 0. The Morgan fingerprint density at radius 2 is 1.91 bits per heavy atom. The summed E-state index contributed by atoms with van der Waals surface area (Å²) < 4.78 is 0. The standard InChI is InChI=1S/C9H16O2/c10-8(11)6-9-3-1-7(5-9)2-4-9/h7-8,10-11H,1-6H2. The highest BCUT2D eigenvalue weighted by atomic mass is 16.5. The second kappa shape index (κ2) is 2.46. The molecule has 0 heterocycles. The van der Waals surface area contributed by atoms with Gasteiger partial charge in [-0.05, 0) is 43.4 Å². The first-order valence-electron chi connectivity index (χ1n) is 4.56. The summed E-state index contributed by atoms with van der Waals surface area (Å²) in [4.78, 5) is 0. The lowest BCUT2D eigenvalue weighted by Gasteiger charge is -2.26. The van der Waals surface area contributed by atoms with Crippen molar-refractivity contribution < 1.29 is 10.2 Å². The highest BCUT2D eigenvalue weighted by Gasteiger charge is 2.45. The van der Waals surface area contributed by atoms with Crippen molar-refractivity contribution >= 4 is 0 Å². The summed E-state index contributed by atoms with van der Waals surface area (Å²) in [7, 11) is 0. The summed E-state index contributed by atoms with van der Waals surface area (Å²) in [6.45, 7) is 0. The van der Waals surface area contributed by atoms with Crippen molar-refractivity contribution in [2.75, 3.05) is 0 Å². The fourth-order valence-corrected chi connectivity index (χ4v) is 2.99.